The van der Waals surface area contributed by atoms with Crippen molar-refractivity contribution in [1.82, 2.24) is 15.4 Å². The fraction of sp³-hybridized carbons (Fsp3) is 0.333. The van der Waals surface area contributed by atoms with Crippen LogP contribution >= 0.6 is 22.9 Å². The summed E-state index contributed by atoms with van der Waals surface area (Å²) in [6.07, 6.45) is 0. The predicted molar refractivity (Wildman–Crippen MR) is 74.3 cm³/mol. The highest BCUT2D eigenvalue weighted by atomic mass is 35.5. The van der Waals surface area contributed by atoms with Crippen LogP contribution < -0.4 is 5.32 Å². The summed E-state index contributed by atoms with van der Waals surface area (Å²) in [7, 11) is 1.71. The Balaban J connectivity index is 1.82. The quantitative estimate of drug-likeness (QED) is 0.944. The van der Waals surface area contributed by atoms with E-state index in [2.05, 4.69) is 10.5 Å². The molecular formula is C12H14ClN3O2S. The highest BCUT2D eigenvalue weighted by Crippen LogP contribution is 2.21. The van der Waals surface area contributed by atoms with E-state index in [9.17, 15) is 4.79 Å². The predicted octanol–water partition coefficient (Wildman–Crippen LogP) is 3.04. The van der Waals surface area contributed by atoms with Crippen molar-refractivity contribution in [3.63, 3.8) is 0 Å². The van der Waals surface area contributed by atoms with Gasteiger partial charge in [0.1, 0.15) is 11.5 Å². The van der Waals surface area contributed by atoms with E-state index in [1.165, 1.54) is 11.3 Å². The van der Waals surface area contributed by atoms with E-state index in [0.717, 1.165) is 20.7 Å². The summed E-state index contributed by atoms with van der Waals surface area (Å²) < 4.78 is 5.67. The molecule has 0 bridgehead atoms. The minimum absolute atomic E-state index is 0.162. The molecule has 0 saturated heterocycles. The zero-order valence-electron chi connectivity index (χ0n) is 10.6. The SMILES string of the molecule is Cc1cc(CN(C)C(=O)NCc2ccc(Cl)s2)no1. The number of carbonyl (C=O) groups is 1. The van der Waals surface area contributed by atoms with Gasteiger partial charge in [0.2, 0.25) is 0 Å². The van der Waals surface area contributed by atoms with Gasteiger partial charge in [0, 0.05) is 18.0 Å². The molecule has 0 atom stereocenters. The number of urea groups is 1. The van der Waals surface area contributed by atoms with Crippen LogP contribution in [0.15, 0.2) is 22.7 Å². The molecule has 19 heavy (non-hydrogen) atoms. The van der Waals surface area contributed by atoms with Gasteiger partial charge in [-0.25, -0.2) is 4.79 Å². The van der Waals surface area contributed by atoms with E-state index in [1.54, 1.807) is 11.9 Å². The normalized spacial score (nSPS) is 10.5. The van der Waals surface area contributed by atoms with Crippen LogP contribution in [0.4, 0.5) is 4.79 Å². The van der Waals surface area contributed by atoms with Crippen LogP contribution in [0.2, 0.25) is 4.34 Å². The Hall–Kier alpha value is -1.53. The van der Waals surface area contributed by atoms with Crippen molar-refractivity contribution in [2.75, 3.05) is 7.05 Å². The highest BCUT2D eigenvalue weighted by molar-refractivity contribution is 7.16. The molecule has 2 rings (SSSR count). The van der Waals surface area contributed by atoms with Crippen LogP contribution in [0, 0.1) is 6.92 Å². The third-order valence-corrected chi connectivity index (χ3v) is 3.70. The molecular weight excluding hydrogens is 286 g/mol. The molecule has 0 aliphatic rings. The maximum absolute atomic E-state index is 11.9. The number of carbonyl (C=O) groups excluding carboxylic acids is 1. The van der Waals surface area contributed by atoms with Crippen molar-refractivity contribution < 1.29 is 9.32 Å². The fourth-order valence-corrected chi connectivity index (χ4v) is 2.58. The van der Waals surface area contributed by atoms with Crippen molar-refractivity contribution in [3.05, 3.63) is 38.9 Å². The molecule has 1 N–H and O–H groups in total. The minimum Gasteiger partial charge on any atom is -0.361 e. The molecule has 0 aromatic carbocycles. The molecule has 0 fully saturated rings. The summed E-state index contributed by atoms with van der Waals surface area (Å²) in [5, 5.41) is 6.67. The van der Waals surface area contributed by atoms with Gasteiger partial charge < -0.3 is 14.7 Å². The second-order valence-electron chi connectivity index (χ2n) is 4.15. The number of hydrogen-bond donors (Lipinski definition) is 1. The van der Waals surface area contributed by atoms with Gasteiger partial charge >= 0.3 is 6.03 Å². The lowest BCUT2D eigenvalue weighted by atomic mass is 10.3. The van der Waals surface area contributed by atoms with Crippen molar-refractivity contribution in [1.29, 1.82) is 0 Å². The maximum atomic E-state index is 11.9. The average Bonchev–Trinajstić information content (AvgIpc) is 2.95. The Morgan fingerprint density at radius 3 is 2.95 bits per heavy atom. The second kappa shape index (κ2) is 6.08. The average molecular weight is 300 g/mol. The molecule has 0 spiro atoms. The topological polar surface area (TPSA) is 58.4 Å². The Bertz CT molecular complexity index is 567. The number of aryl methyl sites for hydroxylation is 1. The van der Waals surface area contributed by atoms with Crippen LogP contribution in [0.25, 0.3) is 0 Å². The van der Waals surface area contributed by atoms with Crippen molar-refractivity contribution >= 4 is 29.0 Å². The number of nitrogens with one attached hydrogen (secondary N) is 1. The van der Waals surface area contributed by atoms with Gasteiger partial charge in [-0.3, -0.25) is 0 Å². The number of aromatic nitrogens is 1. The second-order valence-corrected chi connectivity index (χ2v) is 5.95. The third-order valence-electron chi connectivity index (χ3n) is 2.47. The molecule has 0 unspecified atom stereocenters. The maximum Gasteiger partial charge on any atom is 0.317 e. The monoisotopic (exact) mass is 299 g/mol. The van der Waals surface area contributed by atoms with Gasteiger partial charge in [-0.1, -0.05) is 16.8 Å². The van der Waals surface area contributed by atoms with Crippen LogP contribution in [-0.2, 0) is 13.1 Å². The summed E-state index contributed by atoms with van der Waals surface area (Å²) in [5.41, 5.74) is 0.731. The Labute approximate surface area is 120 Å². The molecule has 0 saturated carbocycles. The standard InChI is InChI=1S/C12H14ClN3O2S/c1-8-5-9(15-18-8)7-16(2)12(17)14-6-10-3-4-11(13)19-10/h3-5H,6-7H2,1-2H3,(H,14,17). The van der Waals surface area contributed by atoms with E-state index in [0.29, 0.717) is 13.1 Å². The van der Waals surface area contributed by atoms with E-state index >= 15 is 0 Å². The lowest BCUT2D eigenvalue weighted by Gasteiger charge is -2.16. The van der Waals surface area contributed by atoms with Gasteiger partial charge in [0.05, 0.1) is 17.4 Å². The summed E-state index contributed by atoms with van der Waals surface area (Å²) in [6, 6.07) is 5.36. The first-order valence-corrected chi connectivity index (χ1v) is 6.89. The summed E-state index contributed by atoms with van der Waals surface area (Å²) in [6.45, 7) is 2.70. The van der Waals surface area contributed by atoms with E-state index in [4.69, 9.17) is 16.1 Å². The number of rotatable bonds is 4. The van der Waals surface area contributed by atoms with Crippen molar-refractivity contribution in [2.45, 2.75) is 20.0 Å². The van der Waals surface area contributed by atoms with Gasteiger partial charge in [-0.05, 0) is 19.1 Å². The number of halogens is 1. The lowest BCUT2D eigenvalue weighted by Crippen LogP contribution is -2.36. The number of amides is 2. The number of hydrogen-bond acceptors (Lipinski definition) is 4. The molecule has 5 nitrogen and oxygen atoms in total. The summed E-state index contributed by atoms with van der Waals surface area (Å²) >= 11 is 7.28. The third kappa shape index (κ3) is 3.97. The molecule has 0 aliphatic carbocycles. The molecule has 2 aromatic heterocycles. The fourth-order valence-electron chi connectivity index (χ4n) is 1.55. The lowest BCUT2D eigenvalue weighted by molar-refractivity contribution is 0.205. The largest absolute Gasteiger partial charge is 0.361 e. The molecule has 2 amide bonds. The summed E-state index contributed by atoms with van der Waals surface area (Å²) in [5.74, 6) is 0.733. The van der Waals surface area contributed by atoms with Crippen LogP contribution in [0.1, 0.15) is 16.3 Å². The van der Waals surface area contributed by atoms with Gasteiger partial charge in [0.25, 0.3) is 0 Å². The van der Waals surface area contributed by atoms with Crippen molar-refractivity contribution in [3.8, 4) is 0 Å². The smallest absolute Gasteiger partial charge is 0.317 e. The molecule has 102 valence electrons. The first-order chi connectivity index (χ1) is 9.04. The molecule has 2 aromatic rings. The van der Waals surface area contributed by atoms with E-state index in [1.807, 2.05) is 25.1 Å². The van der Waals surface area contributed by atoms with Gasteiger partial charge in [-0.15, -0.1) is 11.3 Å². The first kappa shape index (κ1) is 13.9. The van der Waals surface area contributed by atoms with Gasteiger partial charge in [-0.2, -0.15) is 0 Å². The Morgan fingerprint density at radius 2 is 2.37 bits per heavy atom. The molecule has 2 heterocycles. The van der Waals surface area contributed by atoms with Crippen LogP contribution in [0.5, 0.6) is 0 Å². The van der Waals surface area contributed by atoms with Crippen molar-refractivity contribution in [2.24, 2.45) is 0 Å². The van der Waals surface area contributed by atoms with Gasteiger partial charge in [0.15, 0.2) is 0 Å². The minimum atomic E-state index is -0.162. The Kier molecular flexibility index (Phi) is 4.44. The number of thiophene rings is 1. The van der Waals surface area contributed by atoms with E-state index < -0.39 is 0 Å². The van der Waals surface area contributed by atoms with Crippen LogP contribution in [-0.4, -0.2) is 23.1 Å². The molecule has 0 aliphatic heterocycles. The zero-order chi connectivity index (χ0) is 13.8. The molecule has 0 radical (unpaired) electrons. The van der Waals surface area contributed by atoms with Crippen LogP contribution in [0.3, 0.4) is 0 Å². The van der Waals surface area contributed by atoms with E-state index in [-0.39, 0.29) is 6.03 Å². The Morgan fingerprint density at radius 1 is 1.58 bits per heavy atom. The first-order valence-electron chi connectivity index (χ1n) is 5.70. The summed E-state index contributed by atoms with van der Waals surface area (Å²) in [4.78, 5) is 14.4. The molecule has 7 heteroatoms. The number of nitrogens with zero attached hydrogens (tertiary/aromatic N) is 2. The highest BCUT2D eigenvalue weighted by Gasteiger charge is 2.11. The zero-order valence-corrected chi connectivity index (χ0v) is 12.2.